The van der Waals surface area contributed by atoms with E-state index in [1.807, 2.05) is 0 Å². The van der Waals surface area contributed by atoms with Crippen molar-refractivity contribution in [3.63, 3.8) is 0 Å². The first-order valence-corrected chi connectivity index (χ1v) is 4.96. The van der Waals surface area contributed by atoms with Gasteiger partial charge in [0.1, 0.15) is 0 Å². The molecule has 1 fully saturated rings. The molecule has 0 aromatic heterocycles. The van der Waals surface area contributed by atoms with Gasteiger partial charge in [0, 0.05) is 0 Å². The van der Waals surface area contributed by atoms with E-state index in [2.05, 4.69) is 31.2 Å². The molecule has 1 aromatic carbocycles. The molecule has 1 aliphatic rings. The Balaban J connectivity index is 1.94. The van der Waals surface area contributed by atoms with Crippen molar-refractivity contribution < 1.29 is 5.11 Å². The van der Waals surface area contributed by atoms with Crippen LogP contribution in [0.25, 0.3) is 0 Å². The molecule has 70 valence electrons. The van der Waals surface area contributed by atoms with Gasteiger partial charge in [0.25, 0.3) is 0 Å². The highest BCUT2D eigenvalue weighted by atomic mass is 16.3. The molecule has 0 saturated heterocycles. The highest BCUT2D eigenvalue weighted by Crippen LogP contribution is 2.39. The minimum absolute atomic E-state index is 0.302. The van der Waals surface area contributed by atoms with Crippen molar-refractivity contribution in [1.29, 1.82) is 0 Å². The Morgan fingerprint density at radius 3 is 2.77 bits per heavy atom. The summed E-state index contributed by atoms with van der Waals surface area (Å²) in [6.07, 6.45) is 3.94. The van der Waals surface area contributed by atoms with Gasteiger partial charge in [0.05, 0.1) is 5.60 Å². The molecule has 0 amide bonds. The Labute approximate surface area is 79.4 Å². The lowest BCUT2D eigenvalue weighted by Gasteiger charge is -2.07. The third kappa shape index (κ3) is 2.31. The van der Waals surface area contributed by atoms with Crippen LogP contribution in [0, 0.1) is 6.92 Å². The molecule has 1 N–H and O–H groups in total. The van der Waals surface area contributed by atoms with Crippen LogP contribution in [0.2, 0.25) is 0 Å². The maximum atomic E-state index is 9.66. The van der Waals surface area contributed by atoms with E-state index < -0.39 is 0 Å². The lowest BCUT2D eigenvalue weighted by atomic mass is 10.0. The summed E-state index contributed by atoms with van der Waals surface area (Å²) in [6.45, 7) is 2.11. The van der Waals surface area contributed by atoms with Crippen LogP contribution in [0.5, 0.6) is 0 Å². The molecule has 0 atom stereocenters. The molecule has 13 heavy (non-hydrogen) atoms. The van der Waals surface area contributed by atoms with Crippen LogP contribution >= 0.6 is 0 Å². The monoisotopic (exact) mass is 176 g/mol. The van der Waals surface area contributed by atoms with E-state index in [4.69, 9.17) is 0 Å². The number of aliphatic hydroxyl groups is 1. The Morgan fingerprint density at radius 1 is 1.38 bits per heavy atom. The molecule has 0 spiro atoms. The van der Waals surface area contributed by atoms with Gasteiger partial charge in [-0.2, -0.15) is 0 Å². The van der Waals surface area contributed by atoms with Gasteiger partial charge in [0.2, 0.25) is 0 Å². The minimum Gasteiger partial charge on any atom is -0.390 e. The molecule has 1 saturated carbocycles. The number of hydrogen-bond acceptors (Lipinski definition) is 1. The van der Waals surface area contributed by atoms with Crippen LogP contribution < -0.4 is 0 Å². The quantitative estimate of drug-likeness (QED) is 0.750. The summed E-state index contributed by atoms with van der Waals surface area (Å²) >= 11 is 0. The minimum atomic E-state index is -0.302. The number of benzene rings is 1. The Kier molecular flexibility index (Phi) is 2.12. The molecule has 1 heteroatoms. The average Bonchev–Trinajstić information content (AvgIpc) is 2.82. The van der Waals surface area contributed by atoms with Gasteiger partial charge >= 0.3 is 0 Å². The van der Waals surface area contributed by atoms with Gasteiger partial charge in [-0.15, -0.1) is 0 Å². The third-order valence-electron chi connectivity index (χ3n) is 2.79. The van der Waals surface area contributed by atoms with Crippen molar-refractivity contribution >= 4 is 0 Å². The molecular formula is C12H16O. The average molecular weight is 176 g/mol. The SMILES string of the molecule is Cc1cccc(CCC2(O)CC2)c1. The summed E-state index contributed by atoms with van der Waals surface area (Å²) in [5.74, 6) is 0. The van der Waals surface area contributed by atoms with Crippen molar-refractivity contribution in [2.24, 2.45) is 0 Å². The van der Waals surface area contributed by atoms with Crippen molar-refractivity contribution in [1.82, 2.24) is 0 Å². The van der Waals surface area contributed by atoms with Crippen molar-refractivity contribution in [2.45, 2.75) is 38.2 Å². The fourth-order valence-electron chi connectivity index (χ4n) is 1.64. The first-order valence-electron chi connectivity index (χ1n) is 4.96. The number of hydrogen-bond donors (Lipinski definition) is 1. The smallest absolute Gasteiger partial charge is 0.0653 e. The second kappa shape index (κ2) is 3.15. The lowest BCUT2D eigenvalue weighted by Crippen LogP contribution is -2.07. The molecule has 0 unspecified atom stereocenters. The highest BCUT2D eigenvalue weighted by molar-refractivity contribution is 5.22. The van der Waals surface area contributed by atoms with E-state index in [0.717, 1.165) is 25.7 Å². The zero-order valence-corrected chi connectivity index (χ0v) is 8.09. The van der Waals surface area contributed by atoms with E-state index in [9.17, 15) is 5.11 Å². The second-order valence-electron chi connectivity index (χ2n) is 4.21. The van der Waals surface area contributed by atoms with E-state index >= 15 is 0 Å². The maximum absolute atomic E-state index is 9.66. The molecule has 0 aliphatic heterocycles. The van der Waals surface area contributed by atoms with Gasteiger partial charge in [-0.05, 0) is 38.2 Å². The summed E-state index contributed by atoms with van der Waals surface area (Å²) in [7, 11) is 0. The molecule has 1 nitrogen and oxygen atoms in total. The largest absolute Gasteiger partial charge is 0.390 e. The molecule has 0 heterocycles. The molecule has 1 aromatic rings. The Bertz CT molecular complexity index is 300. The van der Waals surface area contributed by atoms with Crippen molar-refractivity contribution in [3.05, 3.63) is 35.4 Å². The van der Waals surface area contributed by atoms with Crippen molar-refractivity contribution in [3.8, 4) is 0 Å². The van der Waals surface area contributed by atoms with Crippen LogP contribution in [0.4, 0.5) is 0 Å². The predicted octanol–water partition coefficient (Wildman–Crippen LogP) is 2.45. The molecule has 0 bridgehead atoms. The Morgan fingerprint density at radius 2 is 2.15 bits per heavy atom. The van der Waals surface area contributed by atoms with E-state index in [1.54, 1.807) is 0 Å². The van der Waals surface area contributed by atoms with Gasteiger partial charge in [-0.25, -0.2) is 0 Å². The van der Waals surface area contributed by atoms with Gasteiger partial charge in [0.15, 0.2) is 0 Å². The van der Waals surface area contributed by atoms with Gasteiger partial charge in [-0.1, -0.05) is 29.8 Å². The van der Waals surface area contributed by atoms with Crippen LogP contribution in [-0.4, -0.2) is 10.7 Å². The summed E-state index contributed by atoms with van der Waals surface area (Å²) in [4.78, 5) is 0. The number of rotatable bonds is 3. The molecule has 0 radical (unpaired) electrons. The Hall–Kier alpha value is -0.820. The summed E-state index contributed by atoms with van der Waals surface area (Å²) < 4.78 is 0. The molecule has 1 aliphatic carbocycles. The summed E-state index contributed by atoms with van der Waals surface area (Å²) in [6, 6.07) is 8.53. The van der Waals surface area contributed by atoms with Crippen LogP contribution in [0.1, 0.15) is 30.4 Å². The number of aryl methyl sites for hydroxylation is 2. The predicted molar refractivity (Wildman–Crippen MR) is 53.7 cm³/mol. The zero-order valence-electron chi connectivity index (χ0n) is 8.09. The fraction of sp³-hybridized carbons (Fsp3) is 0.500. The molecular weight excluding hydrogens is 160 g/mol. The second-order valence-corrected chi connectivity index (χ2v) is 4.21. The van der Waals surface area contributed by atoms with Crippen molar-refractivity contribution in [2.75, 3.05) is 0 Å². The zero-order chi connectivity index (χ0) is 9.31. The standard InChI is InChI=1S/C12H16O/c1-10-3-2-4-11(9-10)5-6-12(13)7-8-12/h2-4,9,13H,5-8H2,1H3. The summed E-state index contributed by atoms with van der Waals surface area (Å²) in [5.41, 5.74) is 2.35. The molecule has 2 rings (SSSR count). The first kappa shape index (κ1) is 8.76. The van der Waals surface area contributed by atoms with Crippen LogP contribution in [-0.2, 0) is 6.42 Å². The topological polar surface area (TPSA) is 20.2 Å². The highest BCUT2D eigenvalue weighted by Gasteiger charge is 2.39. The van der Waals surface area contributed by atoms with Gasteiger partial charge in [-0.3, -0.25) is 0 Å². The first-order chi connectivity index (χ1) is 6.18. The van der Waals surface area contributed by atoms with Crippen LogP contribution in [0.3, 0.4) is 0 Å². The fourth-order valence-corrected chi connectivity index (χ4v) is 1.64. The normalized spacial score (nSPS) is 18.6. The van der Waals surface area contributed by atoms with E-state index in [1.165, 1.54) is 11.1 Å². The van der Waals surface area contributed by atoms with Crippen LogP contribution in [0.15, 0.2) is 24.3 Å². The third-order valence-corrected chi connectivity index (χ3v) is 2.79. The van der Waals surface area contributed by atoms with E-state index in [-0.39, 0.29) is 5.60 Å². The summed E-state index contributed by atoms with van der Waals surface area (Å²) in [5, 5.41) is 9.66. The lowest BCUT2D eigenvalue weighted by molar-refractivity contribution is 0.140. The van der Waals surface area contributed by atoms with Gasteiger partial charge < -0.3 is 5.11 Å². The maximum Gasteiger partial charge on any atom is 0.0653 e. The van der Waals surface area contributed by atoms with E-state index in [0.29, 0.717) is 0 Å².